The third kappa shape index (κ3) is 4.19. The largest absolute Gasteiger partial charge is 0.456 e. The number of Topliss-reactive ketones (excluding diaryl/α,β-unsaturated/α-hetero) is 1. The molecule has 1 aromatic carbocycles. The normalized spacial score (nSPS) is 16.9. The number of ether oxygens (including phenoxy) is 1. The van der Waals surface area contributed by atoms with Crippen LogP contribution in [0, 0.1) is 0 Å². The van der Waals surface area contributed by atoms with Crippen LogP contribution in [0.4, 0.5) is 10.5 Å². The summed E-state index contributed by atoms with van der Waals surface area (Å²) in [5, 5.41) is 5.40. The number of imide groups is 1. The highest BCUT2D eigenvalue weighted by Crippen LogP contribution is 2.28. The molecule has 1 fully saturated rings. The molecule has 160 valence electrons. The molecule has 0 unspecified atom stereocenters. The monoisotopic (exact) mass is 415 g/mol. The van der Waals surface area contributed by atoms with Crippen LogP contribution in [-0.4, -0.2) is 53.2 Å². The van der Waals surface area contributed by atoms with Crippen molar-refractivity contribution in [2.24, 2.45) is 0 Å². The van der Waals surface area contributed by atoms with Crippen LogP contribution in [0.2, 0.25) is 0 Å². The number of hydrogen-bond acceptors (Lipinski definition) is 6. The van der Waals surface area contributed by atoms with Crippen LogP contribution in [-0.2, 0) is 25.5 Å². The van der Waals surface area contributed by atoms with Crippen LogP contribution in [0.1, 0.15) is 55.5 Å². The van der Waals surface area contributed by atoms with E-state index >= 15 is 0 Å². The number of nitrogens with zero attached hydrogens (tertiary/aromatic N) is 1. The lowest BCUT2D eigenvalue weighted by Gasteiger charge is -2.25. The lowest BCUT2D eigenvalue weighted by Crippen LogP contribution is -2.47. The summed E-state index contributed by atoms with van der Waals surface area (Å²) in [4.78, 5) is 61.8. The van der Waals surface area contributed by atoms with E-state index < -0.39 is 42.4 Å². The smallest absolute Gasteiger partial charge is 0.326 e. The fourth-order valence-electron chi connectivity index (χ4n) is 3.94. The number of anilines is 1. The van der Waals surface area contributed by atoms with Crippen LogP contribution in [0.3, 0.4) is 0 Å². The minimum absolute atomic E-state index is 0.142. The molecular weight excluding hydrogens is 390 g/mol. The minimum Gasteiger partial charge on any atom is -0.456 e. The average molecular weight is 415 g/mol. The van der Waals surface area contributed by atoms with Gasteiger partial charge in [-0.3, -0.25) is 24.1 Å². The first kappa shape index (κ1) is 21.5. The van der Waals surface area contributed by atoms with Gasteiger partial charge in [0.15, 0.2) is 12.4 Å². The number of fused-ring (bicyclic) bond motifs is 1. The highest BCUT2D eigenvalue weighted by Gasteiger charge is 2.50. The van der Waals surface area contributed by atoms with E-state index in [1.165, 1.54) is 0 Å². The van der Waals surface area contributed by atoms with E-state index in [0.717, 1.165) is 4.90 Å². The number of nitrogens with one attached hydrogen (secondary N) is 2. The Morgan fingerprint density at radius 1 is 1.13 bits per heavy atom. The SMILES string of the molecule is CCCC1(CCC)NC(=O)N(CC(=O)OCC(=O)c2ccc3c(c2)CC(=O)N3)C1=O. The number of esters is 1. The van der Waals surface area contributed by atoms with Crippen molar-refractivity contribution in [2.75, 3.05) is 18.5 Å². The number of benzene rings is 1. The van der Waals surface area contributed by atoms with Gasteiger partial charge in [0.25, 0.3) is 5.91 Å². The van der Waals surface area contributed by atoms with Gasteiger partial charge in [-0.2, -0.15) is 0 Å². The van der Waals surface area contributed by atoms with E-state index in [9.17, 15) is 24.0 Å². The maximum absolute atomic E-state index is 12.8. The third-order valence-electron chi connectivity index (χ3n) is 5.30. The molecule has 2 heterocycles. The number of ketones is 1. The molecule has 1 saturated heterocycles. The second-order valence-corrected chi connectivity index (χ2v) is 7.58. The molecule has 3 rings (SSSR count). The van der Waals surface area contributed by atoms with Crippen molar-refractivity contribution in [3.63, 3.8) is 0 Å². The molecule has 2 aliphatic heterocycles. The summed E-state index contributed by atoms with van der Waals surface area (Å²) >= 11 is 0. The van der Waals surface area contributed by atoms with E-state index in [1.807, 2.05) is 13.8 Å². The molecule has 4 amide bonds. The molecule has 0 bridgehead atoms. The first-order valence-corrected chi connectivity index (χ1v) is 10.1. The zero-order valence-corrected chi connectivity index (χ0v) is 17.1. The van der Waals surface area contributed by atoms with Crippen molar-refractivity contribution in [3.05, 3.63) is 29.3 Å². The maximum Gasteiger partial charge on any atom is 0.326 e. The summed E-state index contributed by atoms with van der Waals surface area (Å²) in [6, 6.07) is 4.14. The van der Waals surface area contributed by atoms with Crippen LogP contribution in [0.5, 0.6) is 0 Å². The van der Waals surface area contributed by atoms with Gasteiger partial charge < -0.3 is 15.4 Å². The second-order valence-electron chi connectivity index (χ2n) is 7.58. The molecule has 0 spiro atoms. The molecule has 2 N–H and O–H groups in total. The summed E-state index contributed by atoms with van der Waals surface area (Å²) < 4.78 is 5.00. The van der Waals surface area contributed by atoms with Crippen molar-refractivity contribution in [3.8, 4) is 0 Å². The summed E-state index contributed by atoms with van der Waals surface area (Å²) in [5.74, 6) is -1.85. The van der Waals surface area contributed by atoms with E-state index in [-0.39, 0.29) is 12.3 Å². The van der Waals surface area contributed by atoms with Crippen molar-refractivity contribution >= 4 is 35.3 Å². The zero-order chi connectivity index (χ0) is 21.9. The molecule has 2 aliphatic rings. The Morgan fingerprint density at radius 2 is 1.83 bits per heavy atom. The molecule has 0 aromatic heterocycles. The van der Waals surface area contributed by atoms with Crippen LogP contribution in [0.15, 0.2) is 18.2 Å². The van der Waals surface area contributed by atoms with Crippen LogP contribution in [0.25, 0.3) is 0 Å². The molecule has 0 radical (unpaired) electrons. The molecule has 0 saturated carbocycles. The Hall–Kier alpha value is -3.23. The Morgan fingerprint density at radius 3 is 2.50 bits per heavy atom. The van der Waals surface area contributed by atoms with Crippen LogP contribution < -0.4 is 10.6 Å². The molecular formula is C21H25N3O6. The van der Waals surface area contributed by atoms with Gasteiger partial charge >= 0.3 is 12.0 Å². The van der Waals surface area contributed by atoms with Gasteiger partial charge in [-0.25, -0.2) is 4.79 Å². The number of amides is 4. The standard InChI is InChI=1S/C21H25N3O6/c1-3-7-21(8-4-2)19(28)24(20(29)23-21)11-18(27)30-12-16(25)13-5-6-15-14(9-13)10-17(26)22-15/h5-6,9H,3-4,7-8,10-12H2,1-2H3,(H,22,26)(H,23,29). The maximum atomic E-state index is 12.8. The number of rotatable bonds is 9. The third-order valence-corrected chi connectivity index (χ3v) is 5.30. The topological polar surface area (TPSA) is 122 Å². The van der Waals surface area contributed by atoms with Crippen molar-refractivity contribution in [2.45, 2.75) is 51.5 Å². The number of carbonyl (C=O) groups is 5. The van der Waals surface area contributed by atoms with Gasteiger partial charge in [0.05, 0.1) is 6.42 Å². The quantitative estimate of drug-likeness (QED) is 0.360. The van der Waals surface area contributed by atoms with Gasteiger partial charge in [0.2, 0.25) is 5.91 Å². The minimum atomic E-state index is -0.980. The summed E-state index contributed by atoms with van der Waals surface area (Å²) in [7, 11) is 0. The van der Waals surface area contributed by atoms with Gasteiger partial charge in [-0.05, 0) is 36.6 Å². The zero-order valence-electron chi connectivity index (χ0n) is 17.1. The summed E-state index contributed by atoms with van der Waals surface area (Å²) in [5.41, 5.74) is 0.708. The van der Waals surface area contributed by atoms with E-state index in [2.05, 4.69) is 10.6 Å². The molecule has 9 nitrogen and oxygen atoms in total. The number of hydrogen-bond donors (Lipinski definition) is 2. The average Bonchev–Trinajstić information content (AvgIpc) is 3.18. The Kier molecular flexibility index (Phi) is 6.19. The molecule has 9 heteroatoms. The fraction of sp³-hybridized carbons (Fsp3) is 0.476. The van der Waals surface area contributed by atoms with E-state index in [1.54, 1.807) is 18.2 Å². The first-order chi connectivity index (χ1) is 14.3. The van der Waals surface area contributed by atoms with Gasteiger partial charge in [0, 0.05) is 11.3 Å². The predicted octanol–water partition coefficient (Wildman–Crippen LogP) is 1.80. The Balaban J connectivity index is 1.57. The number of urea groups is 1. The molecule has 30 heavy (non-hydrogen) atoms. The molecule has 1 aromatic rings. The highest BCUT2D eigenvalue weighted by atomic mass is 16.5. The van der Waals surface area contributed by atoms with Crippen molar-refractivity contribution in [1.82, 2.24) is 10.2 Å². The lowest BCUT2D eigenvalue weighted by molar-refractivity contribution is -0.147. The van der Waals surface area contributed by atoms with Crippen LogP contribution >= 0.6 is 0 Å². The Labute approximate surface area is 174 Å². The summed E-state index contributed by atoms with van der Waals surface area (Å²) in [6.07, 6.45) is 2.59. The van der Waals surface area contributed by atoms with Crippen molar-refractivity contribution in [1.29, 1.82) is 0 Å². The van der Waals surface area contributed by atoms with E-state index in [4.69, 9.17) is 4.74 Å². The van der Waals surface area contributed by atoms with Crippen molar-refractivity contribution < 1.29 is 28.7 Å². The molecule has 0 aliphatic carbocycles. The first-order valence-electron chi connectivity index (χ1n) is 10.1. The Bertz CT molecular complexity index is 904. The lowest BCUT2D eigenvalue weighted by atomic mass is 9.88. The van der Waals surface area contributed by atoms with Gasteiger partial charge in [0.1, 0.15) is 12.1 Å². The molecule has 0 atom stereocenters. The second kappa shape index (κ2) is 8.64. The fourth-order valence-corrected chi connectivity index (χ4v) is 3.94. The predicted molar refractivity (Wildman–Crippen MR) is 107 cm³/mol. The highest BCUT2D eigenvalue weighted by molar-refractivity contribution is 6.09. The van der Waals surface area contributed by atoms with Gasteiger partial charge in [-0.1, -0.05) is 26.7 Å². The summed E-state index contributed by atoms with van der Waals surface area (Å²) in [6.45, 7) is 2.78. The van der Waals surface area contributed by atoms with E-state index in [0.29, 0.717) is 42.5 Å². The van der Waals surface area contributed by atoms with Gasteiger partial charge in [-0.15, -0.1) is 0 Å². The number of carbonyl (C=O) groups excluding carboxylic acids is 5.